The molecule has 0 saturated carbocycles. The van der Waals surface area contributed by atoms with E-state index >= 15 is 0 Å². The van der Waals surface area contributed by atoms with Crippen molar-refractivity contribution in [2.24, 2.45) is 4.99 Å². The highest BCUT2D eigenvalue weighted by Crippen LogP contribution is 2.15. The van der Waals surface area contributed by atoms with Crippen LogP contribution in [0, 0.1) is 0 Å². The third-order valence-corrected chi connectivity index (χ3v) is 4.61. The minimum Gasteiger partial charge on any atom is -0.487 e. The van der Waals surface area contributed by atoms with Gasteiger partial charge < -0.3 is 19.9 Å². The Morgan fingerprint density at radius 3 is 2.60 bits per heavy atom. The predicted octanol–water partition coefficient (Wildman–Crippen LogP) is 2.93. The van der Waals surface area contributed by atoms with E-state index < -0.39 is 0 Å². The Morgan fingerprint density at radius 2 is 1.93 bits per heavy atom. The fraction of sp³-hybridized carbons (Fsp3) is 0.435. The van der Waals surface area contributed by atoms with Crippen LogP contribution in [0.25, 0.3) is 0 Å². The number of rotatable bonds is 10. The van der Waals surface area contributed by atoms with Gasteiger partial charge in [0.1, 0.15) is 12.4 Å². The number of ether oxygens (including phenoxy) is 1. The molecule has 0 atom stereocenters. The molecule has 0 aliphatic heterocycles. The van der Waals surface area contributed by atoms with Gasteiger partial charge in [0, 0.05) is 32.9 Å². The fourth-order valence-electron chi connectivity index (χ4n) is 2.96. The van der Waals surface area contributed by atoms with Crippen LogP contribution in [0.2, 0.25) is 0 Å². The van der Waals surface area contributed by atoms with Gasteiger partial charge in [0.05, 0.1) is 18.8 Å². The molecule has 0 aliphatic rings. The van der Waals surface area contributed by atoms with Crippen molar-refractivity contribution in [2.75, 3.05) is 33.2 Å². The number of pyridine rings is 1. The van der Waals surface area contributed by atoms with Crippen LogP contribution in [-0.4, -0.2) is 59.9 Å². The smallest absolute Gasteiger partial charge is 0.242 e. The Bertz CT molecular complexity index is 806. The summed E-state index contributed by atoms with van der Waals surface area (Å²) >= 11 is 0. The maximum Gasteiger partial charge on any atom is 0.242 e. The lowest BCUT2D eigenvalue weighted by Gasteiger charge is -2.25. The maximum absolute atomic E-state index is 12.4. The number of nitrogens with zero attached hydrogens (tertiary/aromatic N) is 4. The van der Waals surface area contributed by atoms with Gasteiger partial charge in [-0.1, -0.05) is 18.2 Å². The minimum atomic E-state index is 0.0954. The van der Waals surface area contributed by atoms with Crippen molar-refractivity contribution >= 4 is 11.9 Å². The van der Waals surface area contributed by atoms with Gasteiger partial charge >= 0.3 is 0 Å². The number of nitrogens with one attached hydrogen (secondary N) is 1. The molecule has 1 amide bonds. The normalized spacial score (nSPS) is 11.1. The summed E-state index contributed by atoms with van der Waals surface area (Å²) in [6.45, 7) is 9.36. The third-order valence-electron chi connectivity index (χ3n) is 4.61. The summed E-state index contributed by atoms with van der Waals surface area (Å²) in [4.78, 5) is 25.1. The lowest BCUT2D eigenvalue weighted by molar-refractivity contribution is -0.131. The molecule has 7 nitrogen and oxygen atoms in total. The Labute approximate surface area is 179 Å². The largest absolute Gasteiger partial charge is 0.487 e. The van der Waals surface area contributed by atoms with Crippen molar-refractivity contribution in [3.05, 3.63) is 59.9 Å². The molecule has 30 heavy (non-hydrogen) atoms. The van der Waals surface area contributed by atoms with Gasteiger partial charge in [0.25, 0.3) is 0 Å². The van der Waals surface area contributed by atoms with Gasteiger partial charge in [-0.05, 0) is 50.6 Å². The van der Waals surface area contributed by atoms with Gasteiger partial charge in [-0.25, -0.2) is 4.99 Å². The molecule has 7 heteroatoms. The van der Waals surface area contributed by atoms with Crippen LogP contribution in [0.1, 0.15) is 32.0 Å². The van der Waals surface area contributed by atoms with Crippen LogP contribution in [0.5, 0.6) is 5.75 Å². The quantitative estimate of drug-likeness (QED) is 0.481. The van der Waals surface area contributed by atoms with Gasteiger partial charge in [-0.15, -0.1) is 0 Å². The first-order valence-corrected chi connectivity index (χ1v) is 10.5. The van der Waals surface area contributed by atoms with Crippen molar-refractivity contribution < 1.29 is 9.53 Å². The summed E-state index contributed by atoms with van der Waals surface area (Å²) in [6, 6.07) is 13.7. The van der Waals surface area contributed by atoms with E-state index in [1.54, 1.807) is 6.20 Å². The number of guanidine groups is 1. The van der Waals surface area contributed by atoms with Crippen LogP contribution in [-0.2, 0) is 17.9 Å². The van der Waals surface area contributed by atoms with Crippen LogP contribution in [0.15, 0.2) is 53.7 Å². The molecule has 1 heterocycles. The van der Waals surface area contributed by atoms with Crippen molar-refractivity contribution in [2.45, 2.75) is 33.9 Å². The molecule has 2 rings (SSSR count). The highest BCUT2D eigenvalue weighted by atomic mass is 16.5. The molecule has 1 N–H and O–H groups in total. The van der Waals surface area contributed by atoms with Crippen molar-refractivity contribution in [1.29, 1.82) is 0 Å². The van der Waals surface area contributed by atoms with E-state index in [4.69, 9.17) is 9.73 Å². The average Bonchev–Trinajstić information content (AvgIpc) is 2.77. The van der Waals surface area contributed by atoms with Crippen molar-refractivity contribution in [3.63, 3.8) is 0 Å². The van der Waals surface area contributed by atoms with Crippen LogP contribution < -0.4 is 10.1 Å². The van der Waals surface area contributed by atoms with E-state index in [9.17, 15) is 4.79 Å². The van der Waals surface area contributed by atoms with Crippen LogP contribution >= 0.6 is 0 Å². The molecule has 0 aliphatic carbocycles. The number of benzene rings is 1. The second kappa shape index (κ2) is 12.5. The molecular weight excluding hydrogens is 378 g/mol. The highest BCUT2D eigenvalue weighted by molar-refractivity contribution is 5.86. The van der Waals surface area contributed by atoms with E-state index in [0.717, 1.165) is 23.6 Å². The first kappa shape index (κ1) is 23.2. The average molecular weight is 412 g/mol. The molecule has 0 fully saturated rings. The number of aliphatic imine (C=N–C) groups is 1. The van der Waals surface area contributed by atoms with Gasteiger partial charge in [0.15, 0.2) is 5.96 Å². The zero-order chi connectivity index (χ0) is 21.8. The van der Waals surface area contributed by atoms with Gasteiger partial charge in [0.2, 0.25) is 5.91 Å². The molecule has 1 aromatic heterocycles. The number of amides is 1. The Kier molecular flexibility index (Phi) is 9.64. The Hall–Kier alpha value is -3.09. The van der Waals surface area contributed by atoms with Crippen LogP contribution in [0.4, 0.5) is 0 Å². The Morgan fingerprint density at radius 1 is 1.13 bits per heavy atom. The molecular formula is C23H33N5O2. The maximum atomic E-state index is 12.4. The zero-order valence-corrected chi connectivity index (χ0v) is 18.5. The Balaban J connectivity index is 2.00. The van der Waals surface area contributed by atoms with Gasteiger partial charge in [-0.2, -0.15) is 0 Å². The number of hydrogen-bond donors (Lipinski definition) is 1. The summed E-state index contributed by atoms with van der Waals surface area (Å²) in [6.07, 6.45) is 1.76. The lowest BCUT2D eigenvalue weighted by Crippen LogP contribution is -2.45. The third kappa shape index (κ3) is 7.39. The molecule has 2 aromatic rings. The standard InChI is InChI=1S/C23H33N5O2/c1-5-24-23(27(4)17-22(29)28(6-2)7-3)26-16-19-11-10-13-21(15-19)30-18-20-12-8-9-14-25-20/h8-15H,5-7,16-18H2,1-4H3,(H,24,26). The second-order valence-corrected chi connectivity index (χ2v) is 6.85. The first-order chi connectivity index (χ1) is 14.6. The summed E-state index contributed by atoms with van der Waals surface area (Å²) in [5, 5.41) is 3.26. The van der Waals surface area contributed by atoms with Crippen LogP contribution in [0.3, 0.4) is 0 Å². The lowest BCUT2D eigenvalue weighted by atomic mass is 10.2. The minimum absolute atomic E-state index is 0.0954. The SMILES string of the molecule is CCNC(=NCc1cccc(OCc2ccccn2)c1)N(C)CC(=O)N(CC)CC. The molecule has 0 spiro atoms. The van der Waals surface area contributed by atoms with E-state index in [2.05, 4.69) is 10.3 Å². The van der Waals surface area contributed by atoms with E-state index in [-0.39, 0.29) is 5.91 Å². The summed E-state index contributed by atoms with van der Waals surface area (Å²) in [5.41, 5.74) is 1.92. The van der Waals surface area contributed by atoms with Crippen molar-refractivity contribution in [3.8, 4) is 5.75 Å². The van der Waals surface area contributed by atoms with E-state index in [1.165, 1.54) is 0 Å². The summed E-state index contributed by atoms with van der Waals surface area (Å²) < 4.78 is 5.85. The number of hydrogen-bond acceptors (Lipinski definition) is 4. The molecule has 0 radical (unpaired) electrons. The molecule has 0 bridgehead atoms. The monoisotopic (exact) mass is 411 g/mol. The second-order valence-electron chi connectivity index (χ2n) is 6.85. The molecule has 162 valence electrons. The number of carbonyl (C=O) groups is 1. The highest BCUT2D eigenvalue weighted by Gasteiger charge is 2.15. The van der Waals surface area contributed by atoms with E-state index in [0.29, 0.717) is 38.7 Å². The first-order valence-electron chi connectivity index (χ1n) is 10.5. The van der Waals surface area contributed by atoms with E-state index in [1.807, 2.05) is 80.1 Å². The molecule has 0 saturated heterocycles. The zero-order valence-electron chi connectivity index (χ0n) is 18.5. The number of carbonyl (C=O) groups excluding carboxylic acids is 1. The van der Waals surface area contributed by atoms with Crippen molar-refractivity contribution in [1.82, 2.24) is 20.1 Å². The fourth-order valence-corrected chi connectivity index (χ4v) is 2.96. The predicted molar refractivity (Wildman–Crippen MR) is 120 cm³/mol. The molecule has 0 unspecified atom stereocenters. The summed E-state index contributed by atoms with van der Waals surface area (Å²) in [7, 11) is 1.88. The van der Waals surface area contributed by atoms with Gasteiger partial charge in [-0.3, -0.25) is 9.78 Å². The number of likely N-dealkylation sites (N-methyl/N-ethyl adjacent to an activating group) is 2. The number of aromatic nitrogens is 1. The summed E-state index contributed by atoms with van der Waals surface area (Å²) in [5.74, 6) is 1.58. The molecule has 1 aromatic carbocycles. The topological polar surface area (TPSA) is 70.1 Å².